The van der Waals surface area contributed by atoms with Gasteiger partial charge in [0.15, 0.2) is 0 Å². The summed E-state index contributed by atoms with van der Waals surface area (Å²) in [6.07, 6.45) is 0. The van der Waals surface area contributed by atoms with Crippen LogP contribution in [0.5, 0.6) is 5.75 Å². The molecule has 0 atom stereocenters. The molecule has 0 saturated heterocycles. The van der Waals surface area contributed by atoms with Crippen LogP contribution in [0.15, 0.2) is 65.6 Å². The smallest absolute Gasteiger partial charge is 0.262 e. The molecule has 6 nitrogen and oxygen atoms in total. The second-order valence-corrected chi connectivity index (χ2v) is 10.2. The highest BCUT2D eigenvalue weighted by atomic mass is 32.2. The predicted octanol–water partition coefficient (Wildman–Crippen LogP) is 5.19. The second kappa shape index (κ2) is 8.63. The zero-order valence-corrected chi connectivity index (χ0v) is 19.0. The van der Waals surface area contributed by atoms with Gasteiger partial charge in [-0.05, 0) is 59.9 Å². The summed E-state index contributed by atoms with van der Waals surface area (Å²) in [7, 11) is -4.14. The fourth-order valence-corrected chi connectivity index (χ4v) is 4.15. The number of para-hydroxylation sites is 1. The van der Waals surface area contributed by atoms with Crippen molar-refractivity contribution in [3.05, 3.63) is 83.2 Å². The van der Waals surface area contributed by atoms with Crippen LogP contribution < -0.4 is 10.0 Å². The van der Waals surface area contributed by atoms with Crippen LogP contribution in [0, 0.1) is 12.7 Å². The lowest BCUT2D eigenvalue weighted by atomic mass is 9.87. The Balaban J connectivity index is 1.92. The number of aromatic hydroxyl groups is 1. The molecule has 0 saturated carbocycles. The van der Waals surface area contributed by atoms with E-state index in [1.165, 1.54) is 42.5 Å². The molecule has 8 heteroatoms. The molecule has 0 aliphatic rings. The summed E-state index contributed by atoms with van der Waals surface area (Å²) in [6.45, 7) is 7.69. The number of hydrogen-bond acceptors (Lipinski definition) is 4. The molecule has 3 aromatic carbocycles. The molecule has 0 fully saturated rings. The molecule has 0 aliphatic heterocycles. The van der Waals surface area contributed by atoms with Gasteiger partial charge >= 0.3 is 0 Å². The number of halogens is 1. The molecule has 32 heavy (non-hydrogen) atoms. The van der Waals surface area contributed by atoms with Crippen molar-refractivity contribution in [2.75, 3.05) is 10.0 Å². The number of sulfonamides is 1. The average molecular weight is 457 g/mol. The van der Waals surface area contributed by atoms with Crippen molar-refractivity contribution in [2.24, 2.45) is 0 Å². The van der Waals surface area contributed by atoms with Gasteiger partial charge in [-0.15, -0.1) is 0 Å². The Morgan fingerprint density at radius 2 is 1.66 bits per heavy atom. The number of rotatable bonds is 5. The minimum Gasteiger partial charge on any atom is -0.506 e. The average Bonchev–Trinajstić information content (AvgIpc) is 2.70. The minimum atomic E-state index is -4.14. The standard InChI is InChI=1S/C24H25FN2O4S/c1-15-9-11-17(32(30,31)27-20-8-6-5-7-19(20)25)14-18(15)23(29)26-21-13-16(24(2,3)4)10-12-22(21)28/h5-14,27-28H,1-4H3,(H,26,29). The van der Waals surface area contributed by atoms with Crippen LogP contribution in [0.1, 0.15) is 42.3 Å². The van der Waals surface area contributed by atoms with Gasteiger partial charge in [0.2, 0.25) is 0 Å². The summed E-state index contributed by atoms with van der Waals surface area (Å²) in [5, 5.41) is 12.8. The van der Waals surface area contributed by atoms with Crippen LogP contribution in [-0.2, 0) is 15.4 Å². The van der Waals surface area contributed by atoms with Crippen molar-refractivity contribution < 1.29 is 22.7 Å². The highest BCUT2D eigenvalue weighted by Gasteiger charge is 2.21. The number of amides is 1. The molecule has 0 aliphatic carbocycles. The third kappa shape index (κ3) is 5.08. The lowest BCUT2D eigenvalue weighted by molar-refractivity contribution is 0.102. The Bertz CT molecular complexity index is 1280. The maximum Gasteiger partial charge on any atom is 0.262 e. The molecule has 168 valence electrons. The molecule has 0 heterocycles. The van der Waals surface area contributed by atoms with Crippen molar-refractivity contribution in [1.29, 1.82) is 0 Å². The molecule has 0 unspecified atom stereocenters. The summed E-state index contributed by atoms with van der Waals surface area (Å²) in [5.41, 5.74) is 1.39. The van der Waals surface area contributed by atoms with E-state index in [-0.39, 0.29) is 33.0 Å². The first-order chi connectivity index (χ1) is 14.9. The first-order valence-corrected chi connectivity index (χ1v) is 11.4. The van der Waals surface area contributed by atoms with Gasteiger partial charge in [0.1, 0.15) is 11.6 Å². The SMILES string of the molecule is Cc1ccc(S(=O)(=O)Nc2ccccc2F)cc1C(=O)Nc1cc(C(C)(C)C)ccc1O. The summed E-state index contributed by atoms with van der Waals surface area (Å²) in [5.74, 6) is -1.39. The number of aryl methyl sites for hydroxylation is 1. The van der Waals surface area contributed by atoms with Crippen molar-refractivity contribution in [3.8, 4) is 5.75 Å². The Morgan fingerprint density at radius 1 is 0.969 bits per heavy atom. The Morgan fingerprint density at radius 3 is 2.31 bits per heavy atom. The number of nitrogens with one attached hydrogen (secondary N) is 2. The maximum absolute atomic E-state index is 13.9. The van der Waals surface area contributed by atoms with Gasteiger partial charge < -0.3 is 10.4 Å². The first kappa shape index (κ1) is 23.3. The van der Waals surface area contributed by atoms with Gasteiger partial charge in [0.05, 0.1) is 16.3 Å². The monoisotopic (exact) mass is 456 g/mol. The number of hydrogen-bond donors (Lipinski definition) is 3. The molecule has 0 radical (unpaired) electrons. The van der Waals surface area contributed by atoms with Crippen LogP contribution in [0.2, 0.25) is 0 Å². The van der Waals surface area contributed by atoms with Crippen LogP contribution >= 0.6 is 0 Å². The normalized spacial score (nSPS) is 11.8. The van der Waals surface area contributed by atoms with Gasteiger partial charge in [-0.3, -0.25) is 9.52 Å². The van der Waals surface area contributed by atoms with Crippen LogP contribution in [-0.4, -0.2) is 19.4 Å². The fraction of sp³-hybridized carbons (Fsp3) is 0.208. The van der Waals surface area contributed by atoms with E-state index in [4.69, 9.17) is 0 Å². The summed E-state index contributed by atoms with van der Waals surface area (Å²) < 4.78 is 41.6. The molecule has 1 amide bonds. The fourth-order valence-electron chi connectivity index (χ4n) is 3.05. The van der Waals surface area contributed by atoms with E-state index in [9.17, 15) is 22.7 Å². The lowest BCUT2D eigenvalue weighted by Gasteiger charge is -2.20. The largest absolute Gasteiger partial charge is 0.506 e. The number of carbonyl (C=O) groups is 1. The van der Waals surface area contributed by atoms with E-state index < -0.39 is 21.7 Å². The molecule has 3 rings (SSSR count). The maximum atomic E-state index is 13.9. The summed E-state index contributed by atoms with van der Waals surface area (Å²) in [4.78, 5) is 12.8. The molecule has 0 spiro atoms. The third-order valence-electron chi connectivity index (χ3n) is 4.99. The third-order valence-corrected chi connectivity index (χ3v) is 6.36. The van der Waals surface area contributed by atoms with Crippen LogP contribution in [0.4, 0.5) is 15.8 Å². The van der Waals surface area contributed by atoms with Crippen molar-refractivity contribution >= 4 is 27.3 Å². The first-order valence-electron chi connectivity index (χ1n) is 9.91. The van der Waals surface area contributed by atoms with Gasteiger partial charge in [-0.25, -0.2) is 12.8 Å². The number of phenols is 1. The number of anilines is 2. The van der Waals surface area contributed by atoms with Crippen molar-refractivity contribution in [2.45, 2.75) is 38.0 Å². The molecule has 0 bridgehead atoms. The Labute approximate surface area is 187 Å². The lowest BCUT2D eigenvalue weighted by Crippen LogP contribution is -2.18. The molecule has 3 aromatic rings. The van der Waals surface area contributed by atoms with E-state index in [0.29, 0.717) is 5.56 Å². The van der Waals surface area contributed by atoms with Gasteiger partial charge in [0.25, 0.3) is 15.9 Å². The predicted molar refractivity (Wildman–Crippen MR) is 123 cm³/mol. The molecular weight excluding hydrogens is 431 g/mol. The van der Waals surface area contributed by atoms with Gasteiger partial charge in [0, 0.05) is 5.56 Å². The zero-order valence-electron chi connectivity index (χ0n) is 18.2. The Kier molecular flexibility index (Phi) is 6.27. The number of phenolic OH excluding ortho intramolecular Hbond substituents is 1. The highest BCUT2D eigenvalue weighted by molar-refractivity contribution is 7.92. The van der Waals surface area contributed by atoms with Gasteiger partial charge in [-0.2, -0.15) is 0 Å². The van der Waals surface area contributed by atoms with E-state index >= 15 is 0 Å². The quantitative estimate of drug-likeness (QED) is 0.461. The number of carbonyl (C=O) groups excluding carboxylic acids is 1. The van der Waals surface area contributed by atoms with E-state index in [0.717, 1.165) is 11.6 Å². The zero-order chi connectivity index (χ0) is 23.7. The van der Waals surface area contributed by atoms with Crippen molar-refractivity contribution in [3.63, 3.8) is 0 Å². The van der Waals surface area contributed by atoms with E-state index in [1.54, 1.807) is 19.1 Å². The van der Waals surface area contributed by atoms with Gasteiger partial charge in [-0.1, -0.05) is 45.0 Å². The van der Waals surface area contributed by atoms with E-state index in [2.05, 4.69) is 10.0 Å². The second-order valence-electron chi connectivity index (χ2n) is 8.50. The molecule has 0 aromatic heterocycles. The molecular formula is C24H25FN2O4S. The van der Waals surface area contributed by atoms with Crippen LogP contribution in [0.3, 0.4) is 0 Å². The minimum absolute atomic E-state index is 0.103. The topological polar surface area (TPSA) is 95.5 Å². The molecule has 3 N–H and O–H groups in total. The summed E-state index contributed by atoms with van der Waals surface area (Å²) >= 11 is 0. The Hall–Kier alpha value is -3.39. The van der Waals surface area contributed by atoms with Crippen molar-refractivity contribution in [1.82, 2.24) is 0 Å². The van der Waals surface area contributed by atoms with E-state index in [1.807, 2.05) is 20.8 Å². The summed E-state index contributed by atoms with van der Waals surface area (Å²) in [6, 6.07) is 14.4. The van der Waals surface area contributed by atoms with Crippen LogP contribution in [0.25, 0.3) is 0 Å². The highest BCUT2D eigenvalue weighted by Crippen LogP contribution is 2.31. The number of benzene rings is 3.